The molecular weight excluding hydrogens is 288 g/mol. The third kappa shape index (κ3) is 3.67. The van der Waals surface area contributed by atoms with Crippen LogP contribution in [0.15, 0.2) is 66.7 Å². The summed E-state index contributed by atoms with van der Waals surface area (Å²) in [5, 5.41) is 17.2. The van der Waals surface area contributed by atoms with E-state index in [1.165, 1.54) is 0 Å². The van der Waals surface area contributed by atoms with E-state index in [9.17, 15) is 4.79 Å². The summed E-state index contributed by atoms with van der Waals surface area (Å²) in [6.07, 6.45) is 0. The van der Waals surface area contributed by atoms with Gasteiger partial charge in [0.2, 0.25) is 5.91 Å². The molecule has 0 saturated carbocycles. The second-order valence-corrected chi connectivity index (χ2v) is 5.29. The van der Waals surface area contributed by atoms with Crippen LogP contribution < -0.4 is 10.6 Å². The molecule has 3 aromatic rings. The quantitative estimate of drug-likeness (QED) is 0.677. The fraction of sp³-hybridized carbons (Fsp3) is 0.105. The van der Waals surface area contributed by atoms with Crippen molar-refractivity contribution in [3.63, 3.8) is 0 Å². The number of amides is 1. The molecule has 0 bridgehead atoms. The van der Waals surface area contributed by atoms with E-state index in [0.717, 1.165) is 27.7 Å². The predicted octanol–water partition coefficient (Wildman–Crippen LogP) is 3.38. The first-order valence-corrected chi connectivity index (χ1v) is 7.47. The number of aliphatic hydroxyl groups excluding tert-OH is 1. The van der Waals surface area contributed by atoms with E-state index in [1.807, 2.05) is 66.7 Å². The van der Waals surface area contributed by atoms with Gasteiger partial charge in [0.25, 0.3) is 0 Å². The fourth-order valence-corrected chi connectivity index (χ4v) is 2.49. The largest absolute Gasteiger partial charge is 0.392 e. The molecule has 4 nitrogen and oxygen atoms in total. The number of aliphatic hydroxyl groups is 1. The Balaban J connectivity index is 1.67. The Hall–Kier alpha value is -2.85. The highest BCUT2D eigenvalue weighted by Gasteiger charge is 2.05. The average molecular weight is 306 g/mol. The van der Waals surface area contributed by atoms with E-state index in [4.69, 9.17) is 5.11 Å². The Labute approximate surface area is 134 Å². The van der Waals surface area contributed by atoms with Crippen molar-refractivity contribution < 1.29 is 9.90 Å². The van der Waals surface area contributed by atoms with Crippen molar-refractivity contribution in [1.82, 2.24) is 0 Å². The number of rotatable bonds is 5. The second-order valence-electron chi connectivity index (χ2n) is 5.29. The highest BCUT2D eigenvalue weighted by Crippen LogP contribution is 2.22. The molecule has 0 aliphatic rings. The standard InChI is InChI=1S/C19H18N2O2/c22-13-14-5-3-8-16(11-14)20-12-19(23)21-18-10-4-7-15-6-1-2-9-17(15)18/h1-11,20,22H,12-13H2,(H,21,23). The Morgan fingerprint density at radius 2 is 1.74 bits per heavy atom. The van der Waals surface area contributed by atoms with Crippen LogP contribution in [-0.2, 0) is 11.4 Å². The molecule has 3 aromatic carbocycles. The van der Waals surface area contributed by atoms with E-state index in [1.54, 1.807) is 0 Å². The molecule has 3 rings (SSSR count). The minimum Gasteiger partial charge on any atom is -0.392 e. The lowest BCUT2D eigenvalue weighted by atomic mass is 10.1. The highest BCUT2D eigenvalue weighted by atomic mass is 16.3. The van der Waals surface area contributed by atoms with E-state index in [-0.39, 0.29) is 19.1 Å². The molecule has 0 fully saturated rings. The number of benzene rings is 3. The first-order chi connectivity index (χ1) is 11.3. The lowest BCUT2D eigenvalue weighted by Gasteiger charge is -2.10. The van der Waals surface area contributed by atoms with Crippen LogP contribution in [0.1, 0.15) is 5.56 Å². The predicted molar refractivity (Wildman–Crippen MR) is 93.4 cm³/mol. The molecule has 0 radical (unpaired) electrons. The summed E-state index contributed by atoms with van der Waals surface area (Å²) in [6.45, 7) is 0.149. The van der Waals surface area contributed by atoms with Gasteiger partial charge in [-0.2, -0.15) is 0 Å². The molecule has 3 N–H and O–H groups in total. The minimum absolute atomic E-state index is 0.0161. The lowest BCUT2D eigenvalue weighted by Crippen LogP contribution is -2.21. The van der Waals surface area contributed by atoms with Gasteiger partial charge in [-0.25, -0.2) is 0 Å². The zero-order chi connectivity index (χ0) is 16.1. The lowest BCUT2D eigenvalue weighted by molar-refractivity contribution is -0.114. The van der Waals surface area contributed by atoms with Gasteiger partial charge in [-0.15, -0.1) is 0 Å². The van der Waals surface area contributed by atoms with E-state index >= 15 is 0 Å². The molecular formula is C19H18N2O2. The van der Waals surface area contributed by atoms with Gasteiger partial charge in [-0.1, -0.05) is 48.5 Å². The number of carbonyl (C=O) groups is 1. The summed E-state index contributed by atoms with van der Waals surface area (Å²) in [4.78, 5) is 12.2. The zero-order valence-corrected chi connectivity index (χ0v) is 12.6. The summed E-state index contributed by atoms with van der Waals surface area (Å²) in [7, 11) is 0. The summed E-state index contributed by atoms with van der Waals surface area (Å²) in [5.74, 6) is -0.115. The number of anilines is 2. The molecule has 0 aliphatic carbocycles. The van der Waals surface area contributed by atoms with Crippen LogP contribution in [-0.4, -0.2) is 17.6 Å². The highest BCUT2D eigenvalue weighted by molar-refractivity contribution is 6.03. The molecule has 0 unspecified atom stereocenters. The minimum atomic E-state index is -0.115. The van der Waals surface area contributed by atoms with Gasteiger partial charge in [-0.05, 0) is 29.1 Å². The topological polar surface area (TPSA) is 61.4 Å². The summed E-state index contributed by atoms with van der Waals surface area (Å²) in [6, 6.07) is 21.1. The molecule has 0 atom stereocenters. The maximum Gasteiger partial charge on any atom is 0.243 e. The van der Waals surface area contributed by atoms with Crippen LogP contribution in [0.3, 0.4) is 0 Å². The van der Waals surface area contributed by atoms with Gasteiger partial charge >= 0.3 is 0 Å². The molecule has 1 amide bonds. The zero-order valence-electron chi connectivity index (χ0n) is 12.6. The number of carbonyl (C=O) groups excluding carboxylic acids is 1. The van der Waals surface area contributed by atoms with Gasteiger partial charge in [0.1, 0.15) is 0 Å². The Morgan fingerprint density at radius 1 is 0.957 bits per heavy atom. The molecule has 0 heterocycles. The molecule has 0 spiro atoms. The number of hydrogen-bond donors (Lipinski definition) is 3. The molecule has 0 aliphatic heterocycles. The normalized spacial score (nSPS) is 10.5. The average Bonchev–Trinajstić information content (AvgIpc) is 2.60. The van der Waals surface area contributed by atoms with Gasteiger partial charge < -0.3 is 15.7 Å². The smallest absolute Gasteiger partial charge is 0.243 e. The van der Waals surface area contributed by atoms with Crippen LogP contribution >= 0.6 is 0 Å². The summed E-state index contributed by atoms with van der Waals surface area (Å²) >= 11 is 0. The van der Waals surface area contributed by atoms with Crippen LogP contribution in [0, 0.1) is 0 Å². The molecule has 0 aromatic heterocycles. The third-order valence-corrected chi connectivity index (χ3v) is 3.63. The Bertz CT molecular complexity index is 825. The number of nitrogens with one attached hydrogen (secondary N) is 2. The Morgan fingerprint density at radius 3 is 2.61 bits per heavy atom. The van der Waals surface area contributed by atoms with Crippen molar-refractivity contribution in [2.75, 3.05) is 17.2 Å². The summed E-state index contributed by atoms with van der Waals surface area (Å²) < 4.78 is 0. The first-order valence-electron chi connectivity index (χ1n) is 7.47. The van der Waals surface area contributed by atoms with E-state index < -0.39 is 0 Å². The van der Waals surface area contributed by atoms with Gasteiger partial charge in [0.05, 0.1) is 13.2 Å². The van der Waals surface area contributed by atoms with Crippen LogP contribution in [0.2, 0.25) is 0 Å². The maximum atomic E-state index is 12.2. The maximum absolute atomic E-state index is 12.2. The van der Waals surface area contributed by atoms with Crippen molar-refractivity contribution >= 4 is 28.1 Å². The first kappa shape index (κ1) is 15.1. The number of hydrogen-bond acceptors (Lipinski definition) is 3. The van der Waals surface area contributed by atoms with Crippen LogP contribution in [0.25, 0.3) is 10.8 Å². The van der Waals surface area contributed by atoms with Gasteiger partial charge in [0, 0.05) is 16.8 Å². The SMILES string of the molecule is O=C(CNc1cccc(CO)c1)Nc1cccc2ccccc12. The van der Waals surface area contributed by atoms with Gasteiger partial charge in [0.15, 0.2) is 0 Å². The second kappa shape index (κ2) is 6.94. The third-order valence-electron chi connectivity index (χ3n) is 3.63. The Kier molecular flexibility index (Phi) is 4.54. The molecule has 116 valence electrons. The van der Waals surface area contributed by atoms with Crippen LogP contribution in [0.4, 0.5) is 11.4 Å². The molecule has 4 heteroatoms. The number of fused-ring (bicyclic) bond motifs is 1. The van der Waals surface area contributed by atoms with Crippen molar-refractivity contribution in [2.45, 2.75) is 6.61 Å². The van der Waals surface area contributed by atoms with Gasteiger partial charge in [-0.3, -0.25) is 4.79 Å². The monoisotopic (exact) mass is 306 g/mol. The molecule has 23 heavy (non-hydrogen) atoms. The van der Waals surface area contributed by atoms with E-state index in [2.05, 4.69) is 10.6 Å². The van der Waals surface area contributed by atoms with Crippen LogP contribution in [0.5, 0.6) is 0 Å². The summed E-state index contributed by atoms with van der Waals surface area (Å²) in [5.41, 5.74) is 2.42. The fourth-order valence-electron chi connectivity index (χ4n) is 2.49. The van der Waals surface area contributed by atoms with Crippen molar-refractivity contribution in [3.8, 4) is 0 Å². The van der Waals surface area contributed by atoms with Crippen molar-refractivity contribution in [1.29, 1.82) is 0 Å². The van der Waals surface area contributed by atoms with E-state index in [0.29, 0.717) is 0 Å². The van der Waals surface area contributed by atoms with Crippen molar-refractivity contribution in [2.24, 2.45) is 0 Å². The van der Waals surface area contributed by atoms with Crippen molar-refractivity contribution in [3.05, 3.63) is 72.3 Å². The molecule has 0 saturated heterocycles.